The van der Waals surface area contributed by atoms with Crippen molar-refractivity contribution in [2.75, 3.05) is 19.6 Å². The van der Waals surface area contributed by atoms with Gasteiger partial charge in [0.05, 0.1) is 0 Å². The molecule has 0 amide bonds. The molecule has 0 saturated carbocycles. The lowest BCUT2D eigenvalue weighted by atomic mass is 10.00. The molecule has 2 heteroatoms. The van der Waals surface area contributed by atoms with Crippen LogP contribution in [0.4, 0.5) is 0 Å². The molecule has 72 valence electrons. The van der Waals surface area contributed by atoms with E-state index in [1.54, 1.807) is 0 Å². The molecule has 1 atom stereocenters. The summed E-state index contributed by atoms with van der Waals surface area (Å²) in [6, 6.07) is 0. The van der Waals surface area contributed by atoms with Crippen LogP contribution in [-0.2, 0) is 0 Å². The summed E-state index contributed by atoms with van der Waals surface area (Å²) >= 11 is 0. The number of likely N-dealkylation sites (N-methyl/N-ethyl adjacent to an activating group) is 1. The van der Waals surface area contributed by atoms with Crippen LogP contribution in [0.3, 0.4) is 0 Å². The number of hydrogen-bond donors (Lipinski definition) is 1. The third kappa shape index (κ3) is 4.52. The first-order valence-electron chi connectivity index (χ1n) is 4.68. The Hall–Kier alpha value is -0.340. The lowest BCUT2D eigenvalue weighted by Crippen LogP contribution is -2.47. The van der Waals surface area contributed by atoms with Crippen LogP contribution < -0.4 is 5.73 Å². The summed E-state index contributed by atoms with van der Waals surface area (Å²) in [7, 11) is 0. The molecule has 0 fully saturated rings. The Labute approximate surface area is 76.4 Å². The van der Waals surface area contributed by atoms with Gasteiger partial charge in [0.2, 0.25) is 0 Å². The van der Waals surface area contributed by atoms with Crippen LogP contribution >= 0.6 is 0 Å². The van der Waals surface area contributed by atoms with E-state index in [9.17, 15) is 0 Å². The van der Waals surface area contributed by atoms with Crippen molar-refractivity contribution >= 4 is 0 Å². The van der Waals surface area contributed by atoms with Gasteiger partial charge in [0.15, 0.2) is 0 Å². The van der Waals surface area contributed by atoms with Gasteiger partial charge in [0.1, 0.15) is 0 Å². The van der Waals surface area contributed by atoms with Gasteiger partial charge in [-0.1, -0.05) is 19.9 Å². The van der Waals surface area contributed by atoms with E-state index in [0.717, 1.165) is 26.1 Å². The van der Waals surface area contributed by atoms with Crippen molar-refractivity contribution in [1.82, 2.24) is 4.90 Å². The fourth-order valence-electron chi connectivity index (χ4n) is 1.11. The van der Waals surface area contributed by atoms with Crippen molar-refractivity contribution in [3.05, 3.63) is 12.7 Å². The molecular weight excluding hydrogens is 148 g/mol. The zero-order valence-electron chi connectivity index (χ0n) is 8.64. The Morgan fingerprint density at radius 1 is 1.50 bits per heavy atom. The molecule has 1 unspecified atom stereocenters. The molecule has 0 aliphatic carbocycles. The minimum absolute atomic E-state index is 0.0565. The molecular formula is C10H22N2. The van der Waals surface area contributed by atoms with Crippen molar-refractivity contribution < 1.29 is 0 Å². The molecule has 0 aliphatic rings. The molecule has 0 aromatic carbocycles. The second-order valence-electron chi connectivity index (χ2n) is 3.62. The molecule has 0 rings (SSSR count). The number of rotatable bonds is 6. The Kier molecular flexibility index (Phi) is 5.18. The fourth-order valence-corrected chi connectivity index (χ4v) is 1.11. The standard InChI is InChI=1S/C10H22N2/c1-5-8-12(7-3)9-10(4,11)6-2/h5H,1,6-9,11H2,2-4H3. The first kappa shape index (κ1) is 11.7. The van der Waals surface area contributed by atoms with E-state index in [-0.39, 0.29) is 5.54 Å². The topological polar surface area (TPSA) is 29.3 Å². The number of nitrogens with zero attached hydrogens (tertiary/aromatic N) is 1. The summed E-state index contributed by atoms with van der Waals surface area (Å²) < 4.78 is 0. The second kappa shape index (κ2) is 5.33. The highest BCUT2D eigenvalue weighted by atomic mass is 15.1. The predicted octanol–water partition coefficient (Wildman–Crippen LogP) is 1.62. The molecule has 0 radical (unpaired) electrons. The Balaban J connectivity index is 3.91. The molecule has 0 spiro atoms. The van der Waals surface area contributed by atoms with Gasteiger partial charge >= 0.3 is 0 Å². The van der Waals surface area contributed by atoms with Gasteiger partial charge < -0.3 is 5.73 Å². The maximum atomic E-state index is 6.05. The van der Waals surface area contributed by atoms with Crippen LogP contribution in [-0.4, -0.2) is 30.1 Å². The summed E-state index contributed by atoms with van der Waals surface area (Å²) in [5.41, 5.74) is 5.99. The molecule has 0 aliphatic heterocycles. The minimum Gasteiger partial charge on any atom is -0.324 e. The highest BCUT2D eigenvalue weighted by Crippen LogP contribution is 2.07. The van der Waals surface area contributed by atoms with Crippen molar-refractivity contribution in [2.45, 2.75) is 32.7 Å². The van der Waals surface area contributed by atoms with E-state index >= 15 is 0 Å². The quantitative estimate of drug-likeness (QED) is 0.614. The van der Waals surface area contributed by atoms with Gasteiger partial charge in [-0.3, -0.25) is 4.90 Å². The number of hydrogen-bond acceptors (Lipinski definition) is 2. The van der Waals surface area contributed by atoms with E-state index in [2.05, 4.69) is 32.3 Å². The highest BCUT2D eigenvalue weighted by Gasteiger charge is 2.18. The monoisotopic (exact) mass is 170 g/mol. The second-order valence-corrected chi connectivity index (χ2v) is 3.62. The maximum Gasteiger partial charge on any atom is 0.0252 e. The Morgan fingerprint density at radius 2 is 2.08 bits per heavy atom. The fraction of sp³-hybridized carbons (Fsp3) is 0.800. The van der Waals surface area contributed by atoms with Gasteiger partial charge in [-0.2, -0.15) is 0 Å². The lowest BCUT2D eigenvalue weighted by Gasteiger charge is -2.30. The molecule has 0 aromatic rings. The molecule has 0 heterocycles. The van der Waals surface area contributed by atoms with Gasteiger partial charge in [0.25, 0.3) is 0 Å². The zero-order chi connectivity index (χ0) is 9.61. The first-order valence-corrected chi connectivity index (χ1v) is 4.68. The highest BCUT2D eigenvalue weighted by molar-refractivity contribution is 4.83. The van der Waals surface area contributed by atoms with Crippen LogP contribution in [0, 0.1) is 0 Å². The molecule has 0 bridgehead atoms. The Morgan fingerprint density at radius 3 is 2.42 bits per heavy atom. The maximum absolute atomic E-state index is 6.05. The molecule has 12 heavy (non-hydrogen) atoms. The minimum atomic E-state index is -0.0565. The smallest absolute Gasteiger partial charge is 0.0252 e. The summed E-state index contributed by atoms with van der Waals surface area (Å²) in [6.45, 7) is 13.0. The predicted molar refractivity (Wildman–Crippen MR) is 55.2 cm³/mol. The van der Waals surface area contributed by atoms with Crippen molar-refractivity contribution in [1.29, 1.82) is 0 Å². The molecule has 0 aromatic heterocycles. The summed E-state index contributed by atoms with van der Waals surface area (Å²) in [5, 5.41) is 0. The van der Waals surface area contributed by atoms with Gasteiger partial charge in [-0.25, -0.2) is 0 Å². The zero-order valence-corrected chi connectivity index (χ0v) is 8.64. The first-order chi connectivity index (χ1) is 5.55. The van der Waals surface area contributed by atoms with Crippen LogP contribution in [0.5, 0.6) is 0 Å². The molecule has 0 saturated heterocycles. The molecule has 2 N–H and O–H groups in total. The lowest BCUT2D eigenvalue weighted by molar-refractivity contribution is 0.242. The summed E-state index contributed by atoms with van der Waals surface area (Å²) in [4.78, 5) is 2.30. The van der Waals surface area contributed by atoms with Crippen LogP contribution in [0.1, 0.15) is 27.2 Å². The summed E-state index contributed by atoms with van der Waals surface area (Å²) in [6.07, 6.45) is 2.94. The third-order valence-electron chi connectivity index (χ3n) is 2.23. The van der Waals surface area contributed by atoms with Crippen LogP contribution in [0.25, 0.3) is 0 Å². The SMILES string of the molecule is C=CCN(CC)CC(C)(N)CC. The van der Waals surface area contributed by atoms with Crippen molar-refractivity contribution in [3.8, 4) is 0 Å². The normalized spacial score (nSPS) is 16.1. The van der Waals surface area contributed by atoms with Gasteiger partial charge in [-0.05, 0) is 19.9 Å². The number of nitrogens with two attached hydrogens (primary N) is 1. The van der Waals surface area contributed by atoms with Gasteiger partial charge in [-0.15, -0.1) is 6.58 Å². The van der Waals surface area contributed by atoms with Crippen molar-refractivity contribution in [3.63, 3.8) is 0 Å². The van der Waals surface area contributed by atoms with E-state index in [1.807, 2.05) is 6.08 Å². The Bertz CT molecular complexity index is 130. The summed E-state index contributed by atoms with van der Waals surface area (Å²) in [5.74, 6) is 0. The van der Waals surface area contributed by atoms with E-state index in [4.69, 9.17) is 5.73 Å². The third-order valence-corrected chi connectivity index (χ3v) is 2.23. The van der Waals surface area contributed by atoms with E-state index < -0.39 is 0 Å². The van der Waals surface area contributed by atoms with E-state index in [1.165, 1.54) is 0 Å². The average molecular weight is 170 g/mol. The van der Waals surface area contributed by atoms with Crippen LogP contribution in [0.15, 0.2) is 12.7 Å². The van der Waals surface area contributed by atoms with Gasteiger partial charge in [0, 0.05) is 18.6 Å². The van der Waals surface area contributed by atoms with Crippen LogP contribution in [0.2, 0.25) is 0 Å². The average Bonchev–Trinajstić information content (AvgIpc) is 2.03. The molecule has 2 nitrogen and oxygen atoms in total. The largest absolute Gasteiger partial charge is 0.324 e. The van der Waals surface area contributed by atoms with Crippen molar-refractivity contribution in [2.24, 2.45) is 5.73 Å². The van der Waals surface area contributed by atoms with E-state index in [0.29, 0.717) is 0 Å².